The van der Waals surface area contributed by atoms with Gasteiger partial charge in [-0.25, -0.2) is 7.36 Å². The van der Waals surface area contributed by atoms with Gasteiger partial charge >= 0.3 is 0 Å². The van der Waals surface area contributed by atoms with Gasteiger partial charge in [-0.15, -0.1) is 0 Å². The molecule has 1 aliphatic heterocycles. The van der Waals surface area contributed by atoms with Crippen LogP contribution in [0.15, 0.2) is 35.5 Å². The summed E-state index contributed by atoms with van der Waals surface area (Å²) in [6.45, 7) is 4.11. The first-order chi connectivity index (χ1) is 7.68. The molecule has 1 aromatic carbocycles. The molecular formula is C11H14NOP2S-. The molecule has 0 radical (unpaired) electrons. The van der Waals surface area contributed by atoms with Crippen LogP contribution >= 0.6 is 15.4 Å². The van der Waals surface area contributed by atoms with Crippen molar-refractivity contribution >= 4 is 35.6 Å². The van der Waals surface area contributed by atoms with Gasteiger partial charge in [0.15, 0.2) is 0 Å². The van der Waals surface area contributed by atoms with Gasteiger partial charge in [0.05, 0.1) is 0 Å². The second-order valence-electron chi connectivity index (χ2n) is 3.71. The molecule has 0 bridgehead atoms. The van der Waals surface area contributed by atoms with E-state index in [-0.39, 0.29) is 15.4 Å². The maximum Gasteiger partial charge on any atom is 0.114 e. The number of nitrogens with zero attached hydrogens (tertiary/aromatic N) is 1. The fraction of sp³-hybridized carbons (Fsp3) is 0.364. The van der Waals surface area contributed by atoms with Crippen LogP contribution in [0.4, 0.5) is 0 Å². The van der Waals surface area contributed by atoms with Crippen LogP contribution in [0.3, 0.4) is 0 Å². The van der Waals surface area contributed by atoms with Crippen molar-refractivity contribution in [1.29, 1.82) is 0 Å². The lowest BCUT2D eigenvalue weighted by Crippen LogP contribution is -2.25. The van der Waals surface area contributed by atoms with Crippen LogP contribution in [0.5, 0.6) is 0 Å². The van der Waals surface area contributed by atoms with Crippen LogP contribution in [0.25, 0.3) is 0 Å². The van der Waals surface area contributed by atoms with Gasteiger partial charge in [0.25, 0.3) is 0 Å². The first-order valence-electron chi connectivity index (χ1n) is 5.10. The Morgan fingerprint density at radius 3 is 2.62 bits per heavy atom. The number of oxime groups is 1. The lowest BCUT2D eigenvalue weighted by Gasteiger charge is -2.21. The lowest BCUT2D eigenvalue weighted by molar-refractivity contribution is 0.102. The van der Waals surface area contributed by atoms with E-state index in [4.69, 9.17) is 4.84 Å². The minimum atomic E-state index is 0.0655. The zero-order chi connectivity index (χ0) is 11.5. The minimum Gasteiger partial charge on any atom is -0.409 e. The van der Waals surface area contributed by atoms with Crippen molar-refractivity contribution in [1.82, 2.24) is 0 Å². The average Bonchev–Trinajstić information content (AvgIpc) is 2.60. The topological polar surface area (TPSA) is 21.6 Å². The number of rotatable bonds is 2. The van der Waals surface area contributed by atoms with Crippen molar-refractivity contribution in [2.45, 2.75) is 25.2 Å². The quantitative estimate of drug-likeness (QED) is 0.598. The monoisotopic (exact) mass is 270 g/mol. The van der Waals surface area contributed by atoms with E-state index >= 15 is 0 Å². The summed E-state index contributed by atoms with van der Waals surface area (Å²) in [6, 6.07) is 10.5. The van der Waals surface area contributed by atoms with E-state index < -0.39 is 0 Å². The molecule has 0 saturated heterocycles. The summed E-state index contributed by atoms with van der Waals surface area (Å²) in [5.41, 5.74) is 1.09. The predicted octanol–water partition coefficient (Wildman–Crippen LogP) is 3.01. The van der Waals surface area contributed by atoms with E-state index in [9.17, 15) is 0 Å². The molecule has 0 aliphatic carbocycles. The van der Waals surface area contributed by atoms with Gasteiger partial charge in [0.1, 0.15) is 6.10 Å². The average molecular weight is 270 g/mol. The Labute approximate surface area is 101 Å². The van der Waals surface area contributed by atoms with E-state index in [0.29, 0.717) is 5.25 Å². The molecule has 2 rings (SSSR count). The minimum absolute atomic E-state index is 0.0655. The molecule has 0 N–H and O–H groups in total. The molecule has 86 valence electrons. The molecule has 1 heterocycles. The normalized spacial score (nSPS) is 26.2. The van der Waals surface area contributed by atoms with Gasteiger partial charge in [-0.3, -0.25) is 8.02 Å². The molecule has 0 saturated carbocycles. The number of hydrogen-bond donors (Lipinski definition) is 0. The van der Waals surface area contributed by atoms with Crippen molar-refractivity contribution in [3.8, 4) is 0 Å². The Morgan fingerprint density at radius 1 is 1.38 bits per heavy atom. The highest BCUT2D eigenvalue weighted by Crippen LogP contribution is 2.20. The van der Waals surface area contributed by atoms with Crippen molar-refractivity contribution < 1.29 is 4.84 Å². The predicted molar refractivity (Wildman–Crippen MR) is 76.1 cm³/mol. The molecule has 0 fully saturated rings. The van der Waals surface area contributed by atoms with Crippen LogP contribution in [0, 0.1) is 0 Å². The van der Waals surface area contributed by atoms with Crippen LogP contribution in [-0.4, -0.2) is 17.1 Å². The van der Waals surface area contributed by atoms with E-state index in [1.54, 1.807) is 0 Å². The third-order valence-electron chi connectivity index (χ3n) is 2.40. The van der Waals surface area contributed by atoms with E-state index in [1.165, 1.54) is 12.7 Å². The number of benzene rings is 1. The largest absolute Gasteiger partial charge is 0.409 e. The summed E-state index contributed by atoms with van der Waals surface area (Å²) in [5.74, 6) is 0. The Hall–Kier alpha value is -0.360. The zero-order valence-electron chi connectivity index (χ0n) is 9.25. The fourth-order valence-corrected chi connectivity index (χ4v) is 7.42. The summed E-state index contributed by atoms with van der Waals surface area (Å²) < 4.78 is 0. The van der Waals surface area contributed by atoms with Gasteiger partial charge in [0, 0.05) is 5.71 Å². The Bertz CT molecular complexity index is 480. The number of hydrogen-bond acceptors (Lipinski definition) is 3. The summed E-state index contributed by atoms with van der Waals surface area (Å²) in [7, 11) is 5.19. The second kappa shape index (κ2) is 5.31. The summed E-state index contributed by atoms with van der Waals surface area (Å²) in [5, 5.41) is 5.76. The molecule has 0 aromatic heterocycles. The molecule has 2 nitrogen and oxygen atoms in total. The Balaban J connectivity index is 2.26. The van der Waals surface area contributed by atoms with E-state index in [2.05, 4.69) is 44.4 Å². The van der Waals surface area contributed by atoms with E-state index in [0.717, 1.165) is 5.71 Å². The van der Waals surface area contributed by atoms with Crippen LogP contribution < -0.4 is 5.30 Å². The molecule has 0 amide bonds. The van der Waals surface area contributed by atoms with Gasteiger partial charge in [-0.2, -0.15) is 0 Å². The third-order valence-corrected chi connectivity index (χ3v) is 7.80. The molecular weight excluding hydrogens is 256 g/mol. The Kier molecular flexibility index (Phi) is 4.02. The third kappa shape index (κ3) is 2.66. The maximum absolute atomic E-state index is 5.30. The standard InChI is InChI=1S/C11H14NOP2S/c1-8-11(9(2)13-12-8)16(14)15-10-6-4-3-5-7-10/h3-7,9,11,14H,1-2H3/q-1. The molecule has 2 unspecified atom stereocenters. The van der Waals surface area contributed by atoms with Crippen LogP contribution in [0.2, 0.25) is 0 Å². The van der Waals surface area contributed by atoms with Crippen molar-refractivity contribution in [2.24, 2.45) is 5.16 Å². The molecule has 1 aromatic rings. The summed E-state index contributed by atoms with van der Waals surface area (Å²) in [4.78, 5) is 5.30. The van der Waals surface area contributed by atoms with Crippen molar-refractivity contribution in [2.75, 3.05) is 0 Å². The van der Waals surface area contributed by atoms with Crippen molar-refractivity contribution in [3.05, 3.63) is 30.3 Å². The lowest BCUT2D eigenvalue weighted by atomic mass is 10.2. The smallest absolute Gasteiger partial charge is 0.114 e. The van der Waals surface area contributed by atoms with Gasteiger partial charge in [0.2, 0.25) is 0 Å². The van der Waals surface area contributed by atoms with Gasteiger partial charge in [-0.05, 0) is 24.4 Å². The molecule has 0 spiro atoms. The highest BCUT2D eigenvalue weighted by Gasteiger charge is 2.20. The summed E-state index contributed by atoms with van der Waals surface area (Å²) >= 11 is 0. The first kappa shape index (κ1) is 12.1. The first-order valence-corrected chi connectivity index (χ1v) is 9.11. The fourth-order valence-electron chi connectivity index (χ4n) is 1.62. The van der Waals surface area contributed by atoms with Crippen molar-refractivity contribution in [3.63, 3.8) is 0 Å². The Morgan fingerprint density at radius 2 is 2.06 bits per heavy atom. The van der Waals surface area contributed by atoms with Crippen LogP contribution in [0.1, 0.15) is 13.8 Å². The van der Waals surface area contributed by atoms with Gasteiger partial charge < -0.3 is 14.1 Å². The second-order valence-corrected chi connectivity index (χ2v) is 9.62. The van der Waals surface area contributed by atoms with E-state index in [1.807, 2.05) is 13.0 Å². The molecule has 1 aliphatic rings. The molecule has 2 atom stereocenters. The SMILES string of the molecule is CC1=NOC(C)C1[S-](=P)=Pc1ccccc1. The summed E-state index contributed by atoms with van der Waals surface area (Å²) in [6.07, 6.45) is 0.178. The molecule has 5 heteroatoms. The maximum atomic E-state index is 5.30. The van der Waals surface area contributed by atoms with Crippen LogP contribution in [-0.2, 0) is 14.1 Å². The molecule has 16 heavy (non-hydrogen) atoms. The van der Waals surface area contributed by atoms with Gasteiger partial charge in [-0.1, -0.05) is 35.5 Å². The highest BCUT2D eigenvalue weighted by atomic mass is 32.7. The highest BCUT2D eigenvalue weighted by molar-refractivity contribution is 8.34. The zero-order valence-corrected chi connectivity index (χ0v) is 12.0.